The Hall–Kier alpha value is -2.22. The van der Waals surface area contributed by atoms with Gasteiger partial charge >= 0.3 is 0 Å². The maximum absolute atomic E-state index is 14.3. The summed E-state index contributed by atoms with van der Waals surface area (Å²) < 4.78 is 15.7. The Morgan fingerprint density at radius 2 is 1.89 bits per heavy atom. The molecule has 0 aliphatic rings. The Kier molecular flexibility index (Phi) is 5.88. The van der Waals surface area contributed by atoms with E-state index in [4.69, 9.17) is 23.2 Å². The zero-order valence-electron chi connectivity index (χ0n) is 16.0. The zero-order valence-corrected chi connectivity index (χ0v) is 17.5. The summed E-state index contributed by atoms with van der Waals surface area (Å²) in [6.45, 7) is 3.24. The highest BCUT2D eigenvalue weighted by atomic mass is 35.5. The van der Waals surface area contributed by atoms with E-state index in [2.05, 4.69) is 15.0 Å². The number of rotatable bonds is 6. The van der Waals surface area contributed by atoms with Crippen molar-refractivity contribution in [1.29, 1.82) is 0 Å². The highest BCUT2D eigenvalue weighted by Crippen LogP contribution is 2.27. The number of anilines is 1. The molecule has 0 saturated carbocycles. The molecule has 0 aliphatic carbocycles. The van der Waals surface area contributed by atoms with Crippen LogP contribution in [-0.4, -0.2) is 59.5 Å². The van der Waals surface area contributed by atoms with E-state index in [1.54, 1.807) is 13.0 Å². The molecule has 0 N–H and O–H groups in total. The molecule has 0 amide bonds. The smallest absolute Gasteiger partial charge is 0.216 e. The van der Waals surface area contributed by atoms with Gasteiger partial charge in [0.05, 0.1) is 16.9 Å². The molecular formula is C19H20Cl2FN5O. The zero-order chi connectivity index (χ0) is 20.6. The van der Waals surface area contributed by atoms with Gasteiger partial charge in [0.25, 0.3) is 0 Å². The summed E-state index contributed by atoms with van der Waals surface area (Å²) >= 11 is 12.0. The number of carbonyl (C=O) groups is 1. The predicted molar refractivity (Wildman–Crippen MR) is 109 cm³/mol. The number of aryl methyl sites for hydroxylation is 1. The van der Waals surface area contributed by atoms with Crippen LogP contribution in [0.2, 0.25) is 10.2 Å². The van der Waals surface area contributed by atoms with Gasteiger partial charge in [0.1, 0.15) is 11.5 Å². The predicted octanol–water partition coefficient (Wildman–Crippen LogP) is 3.71. The van der Waals surface area contributed by atoms with Crippen molar-refractivity contribution in [2.24, 2.45) is 0 Å². The Bertz CT molecular complexity index is 1050. The lowest BCUT2D eigenvalue weighted by Gasteiger charge is -2.22. The summed E-state index contributed by atoms with van der Waals surface area (Å²) in [4.78, 5) is 21.6. The van der Waals surface area contributed by atoms with Crippen molar-refractivity contribution in [3.63, 3.8) is 0 Å². The molecule has 0 fully saturated rings. The van der Waals surface area contributed by atoms with Crippen LogP contribution in [0.25, 0.3) is 5.65 Å². The van der Waals surface area contributed by atoms with Gasteiger partial charge in [-0.2, -0.15) is 5.10 Å². The van der Waals surface area contributed by atoms with Crippen LogP contribution in [0.1, 0.15) is 21.7 Å². The molecule has 2 aromatic heterocycles. The van der Waals surface area contributed by atoms with Crippen LogP contribution in [0.4, 0.5) is 10.1 Å². The molecule has 2 heterocycles. The number of carbonyl (C=O) groups excluding carboxylic acids is 1. The second-order valence-corrected chi connectivity index (χ2v) is 7.64. The minimum Gasteiger partial charge on any atom is -0.370 e. The normalized spacial score (nSPS) is 11.4. The van der Waals surface area contributed by atoms with Gasteiger partial charge in [0.15, 0.2) is 10.8 Å². The van der Waals surface area contributed by atoms with Crippen LogP contribution in [0.5, 0.6) is 0 Å². The highest BCUT2D eigenvalue weighted by molar-refractivity contribution is 6.30. The minimum absolute atomic E-state index is 0.0985. The van der Waals surface area contributed by atoms with Gasteiger partial charge in [0.2, 0.25) is 5.78 Å². The molecule has 0 bridgehead atoms. The van der Waals surface area contributed by atoms with E-state index in [1.807, 2.05) is 26.0 Å². The van der Waals surface area contributed by atoms with Gasteiger partial charge < -0.3 is 9.80 Å². The van der Waals surface area contributed by atoms with Crippen molar-refractivity contribution in [1.82, 2.24) is 19.5 Å². The molecule has 1 aromatic carbocycles. The summed E-state index contributed by atoms with van der Waals surface area (Å²) in [6.07, 6.45) is 0. The Morgan fingerprint density at radius 3 is 2.54 bits per heavy atom. The summed E-state index contributed by atoms with van der Waals surface area (Å²) in [5.74, 6) is -1.23. The lowest BCUT2D eigenvalue weighted by Crippen LogP contribution is -2.29. The van der Waals surface area contributed by atoms with Gasteiger partial charge in [-0.15, -0.1) is 0 Å². The van der Waals surface area contributed by atoms with Crippen LogP contribution in [0.15, 0.2) is 24.3 Å². The molecule has 0 saturated heterocycles. The Balaban J connectivity index is 2.12. The van der Waals surface area contributed by atoms with Crippen LogP contribution >= 0.6 is 23.2 Å². The molecule has 3 rings (SSSR count). The molecule has 6 nitrogen and oxygen atoms in total. The molecule has 0 atom stereocenters. The summed E-state index contributed by atoms with van der Waals surface area (Å²) in [5, 5.41) is 4.67. The highest BCUT2D eigenvalue weighted by Gasteiger charge is 2.24. The number of aromatic nitrogens is 3. The first-order chi connectivity index (χ1) is 13.2. The van der Waals surface area contributed by atoms with Gasteiger partial charge in [-0.05, 0) is 39.2 Å². The van der Waals surface area contributed by atoms with Crippen molar-refractivity contribution in [2.45, 2.75) is 6.92 Å². The number of imidazole rings is 1. The topological polar surface area (TPSA) is 53.7 Å². The molecular weight excluding hydrogens is 404 g/mol. The maximum atomic E-state index is 14.3. The second-order valence-electron chi connectivity index (χ2n) is 6.81. The fourth-order valence-electron chi connectivity index (χ4n) is 2.90. The van der Waals surface area contributed by atoms with Crippen LogP contribution in [-0.2, 0) is 0 Å². The van der Waals surface area contributed by atoms with Crippen molar-refractivity contribution in [3.8, 4) is 0 Å². The minimum atomic E-state index is -0.697. The van der Waals surface area contributed by atoms with E-state index in [0.29, 0.717) is 11.3 Å². The lowest BCUT2D eigenvalue weighted by atomic mass is 10.1. The number of nitrogens with zero attached hydrogens (tertiary/aromatic N) is 5. The van der Waals surface area contributed by atoms with Gasteiger partial charge in [-0.25, -0.2) is 13.9 Å². The molecule has 0 aliphatic heterocycles. The van der Waals surface area contributed by atoms with Crippen molar-refractivity contribution in [3.05, 3.63) is 57.2 Å². The molecule has 0 unspecified atom stereocenters. The number of benzene rings is 1. The first-order valence-electron chi connectivity index (χ1n) is 8.60. The van der Waals surface area contributed by atoms with Crippen molar-refractivity contribution < 1.29 is 9.18 Å². The van der Waals surface area contributed by atoms with E-state index in [1.165, 1.54) is 16.6 Å². The number of fused-ring (bicyclic) bond motifs is 1. The van der Waals surface area contributed by atoms with E-state index in [9.17, 15) is 9.18 Å². The largest absolute Gasteiger partial charge is 0.370 e. The number of likely N-dealkylation sites (N-methyl/N-ethyl adjacent to an activating group) is 2. The van der Waals surface area contributed by atoms with E-state index in [0.717, 1.165) is 24.8 Å². The molecule has 0 radical (unpaired) electrons. The number of halogens is 3. The Morgan fingerprint density at radius 1 is 1.18 bits per heavy atom. The molecule has 28 heavy (non-hydrogen) atoms. The lowest BCUT2D eigenvalue weighted by molar-refractivity contribution is 0.102. The molecule has 148 valence electrons. The molecule has 0 spiro atoms. The van der Waals surface area contributed by atoms with Gasteiger partial charge in [0, 0.05) is 31.2 Å². The van der Waals surface area contributed by atoms with E-state index >= 15 is 0 Å². The average molecular weight is 424 g/mol. The summed E-state index contributed by atoms with van der Waals surface area (Å²) in [6, 6.07) is 5.63. The monoisotopic (exact) mass is 423 g/mol. The second kappa shape index (κ2) is 8.03. The third-order valence-corrected chi connectivity index (χ3v) is 4.81. The summed E-state index contributed by atoms with van der Waals surface area (Å²) in [7, 11) is 5.89. The SMILES string of the molecule is Cc1nc2c(N(C)CCN(C)C)cc(Cl)nn2c1C(=O)c1ccc(Cl)cc1F. The molecule has 9 heteroatoms. The number of ketones is 1. The number of hydrogen-bond donors (Lipinski definition) is 0. The van der Waals surface area contributed by atoms with Crippen molar-refractivity contribution >= 4 is 40.3 Å². The van der Waals surface area contributed by atoms with Gasteiger partial charge in [-0.3, -0.25) is 4.79 Å². The van der Waals surface area contributed by atoms with E-state index < -0.39 is 11.6 Å². The van der Waals surface area contributed by atoms with Crippen LogP contribution < -0.4 is 4.90 Å². The fourth-order valence-corrected chi connectivity index (χ4v) is 3.23. The first-order valence-corrected chi connectivity index (χ1v) is 9.36. The first kappa shape index (κ1) is 20.5. The number of hydrogen-bond acceptors (Lipinski definition) is 5. The maximum Gasteiger partial charge on any atom is 0.216 e. The third kappa shape index (κ3) is 3.97. The average Bonchev–Trinajstić information content (AvgIpc) is 2.94. The van der Waals surface area contributed by atoms with Crippen LogP contribution in [0.3, 0.4) is 0 Å². The molecule has 3 aromatic rings. The fraction of sp³-hybridized carbons (Fsp3) is 0.316. The quantitative estimate of drug-likeness (QED) is 0.565. The van der Waals surface area contributed by atoms with Crippen molar-refractivity contribution in [2.75, 3.05) is 39.1 Å². The summed E-state index contributed by atoms with van der Waals surface area (Å²) in [5.41, 5.74) is 1.73. The third-order valence-electron chi connectivity index (χ3n) is 4.39. The Labute approximate surface area is 172 Å². The van der Waals surface area contributed by atoms with E-state index in [-0.39, 0.29) is 21.4 Å². The van der Waals surface area contributed by atoms with Gasteiger partial charge in [-0.1, -0.05) is 23.2 Å². The standard InChI is InChI=1S/C19H20Cl2FN5O/c1-11-17(18(28)13-6-5-12(20)9-14(13)22)27-19(23-11)15(10-16(21)24-27)26(4)8-7-25(2)3/h5-6,9-10H,7-8H2,1-4H3. The van der Waals surface area contributed by atoms with Crippen LogP contribution in [0, 0.1) is 12.7 Å².